The van der Waals surface area contributed by atoms with Gasteiger partial charge in [-0.2, -0.15) is 0 Å². The highest BCUT2D eigenvalue weighted by molar-refractivity contribution is 6.11. The van der Waals surface area contributed by atoms with Crippen LogP contribution in [0.1, 0.15) is 70.7 Å². The Kier molecular flexibility index (Phi) is 6.25. The van der Waals surface area contributed by atoms with Crippen LogP contribution < -0.4 is 10.6 Å². The van der Waals surface area contributed by atoms with Gasteiger partial charge in [0, 0.05) is 17.7 Å². The lowest BCUT2D eigenvalue weighted by Crippen LogP contribution is -2.54. The molecule has 2 aliphatic rings. The summed E-state index contributed by atoms with van der Waals surface area (Å²) in [6.45, 7) is 9.96. The average Bonchev–Trinajstić information content (AvgIpc) is 2.83. The topological polar surface area (TPSA) is 95.6 Å². The van der Waals surface area contributed by atoms with E-state index in [1.54, 1.807) is 24.3 Å². The van der Waals surface area contributed by atoms with Gasteiger partial charge in [-0.15, -0.1) is 0 Å². The molecule has 0 radical (unpaired) electrons. The van der Waals surface area contributed by atoms with Gasteiger partial charge in [0.1, 0.15) is 5.54 Å². The van der Waals surface area contributed by atoms with Gasteiger partial charge in [-0.05, 0) is 60.8 Å². The van der Waals surface area contributed by atoms with Crippen molar-refractivity contribution in [2.45, 2.75) is 65.8 Å². The van der Waals surface area contributed by atoms with Crippen molar-refractivity contribution >= 4 is 29.3 Å². The summed E-state index contributed by atoms with van der Waals surface area (Å²) in [6.07, 6.45) is 2.59. The number of hydrogen-bond donors (Lipinski definition) is 2. The van der Waals surface area contributed by atoms with E-state index in [-0.39, 0.29) is 35.5 Å². The fourth-order valence-corrected chi connectivity index (χ4v) is 5.21. The van der Waals surface area contributed by atoms with Crippen LogP contribution in [0, 0.1) is 17.3 Å². The third-order valence-electron chi connectivity index (χ3n) is 6.01. The molecule has 7 heteroatoms. The van der Waals surface area contributed by atoms with Crippen molar-refractivity contribution in [2.24, 2.45) is 17.3 Å². The molecule has 4 amide bonds. The summed E-state index contributed by atoms with van der Waals surface area (Å²) in [5, 5.41) is 5.69. The van der Waals surface area contributed by atoms with Gasteiger partial charge in [-0.25, -0.2) is 4.79 Å². The minimum Gasteiger partial charge on any atom is -0.326 e. The normalized spacial score (nSPS) is 25.1. The SMILES string of the molecule is CC(C)CC(=O)Nc1ccc(C(=O)CN2C(=O)N[C@@]3(C[C@@H](C)CC(C)(C)C3)C2=O)cc1. The largest absolute Gasteiger partial charge is 0.326 e. The first-order valence-electron chi connectivity index (χ1n) is 11.0. The standard InChI is InChI=1S/C24H33N3O4/c1-15(2)10-20(29)25-18-8-6-17(7-9-18)19(28)13-27-21(30)24(26-22(27)31)12-16(3)11-23(4,5)14-24/h6-9,15-16H,10-14H2,1-5H3,(H,25,29)(H,26,31)/t16-,24+/m0/s1. The van der Waals surface area contributed by atoms with Crippen molar-refractivity contribution in [3.63, 3.8) is 0 Å². The summed E-state index contributed by atoms with van der Waals surface area (Å²) >= 11 is 0. The van der Waals surface area contributed by atoms with Crippen LogP contribution in [0.3, 0.4) is 0 Å². The molecule has 1 aliphatic heterocycles. The fourth-order valence-electron chi connectivity index (χ4n) is 5.21. The molecule has 2 N–H and O–H groups in total. The van der Waals surface area contributed by atoms with E-state index in [9.17, 15) is 19.2 Å². The third kappa shape index (κ3) is 5.14. The van der Waals surface area contributed by atoms with Gasteiger partial charge in [0.05, 0.1) is 6.54 Å². The molecule has 1 aromatic rings. The van der Waals surface area contributed by atoms with Crippen molar-refractivity contribution in [3.8, 4) is 0 Å². The molecule has 31 heavy (non-hydrogen) atoms. The van der Waals surface area contributed by atoms with Crippen LogP contribution in [-0.2, 0) is 9.59 Å². The number of rotatable bonds is 6. The Morgan fingerprint density at radius 1 is 1.16 bits per heavy atom. The molecule has 168 valence electrons. The number of imide groups is 1. The lowest BCUT2D eigenvalue weighted by molar-refractivity contribution is -0.134. The highest BCUT2D eigenvalue weighted by Gasteiger charge is 2.56. The van der Waals surface area contributed by atoms with Gasteiger partial charge in [0.2, 0.25) is 5.91 Å². The Balaban J connectivity index is 1.67. The van der Waals surface area contributed by atoms with Crippen molar-refractivity contribution in [1.82, 2.24) is 10.2 Å². The maximum atomic E-state index is 13.2. The van der Waals surface area contributed by atoms with E-state index in [2.05, 4.69) is 31.4 Å². The summed E-state index contributed by atoms with van der Waals surface area (Å²) in [5.41, 5.74) is 0.0230. The monoisotopic (exact) mass is 427 g/mol. The molecule has 1 aromatic carbocycles. The van der Waals surface area contributed by atoms with Gasteiger partial charge in [-0.1, -0.05) is 34.6 Å². The first-order valence-corrected chi connectivity index (χ1v) is 11.0. The average molecular weight is 428 g/mol. The van der Waals surface area contributed by atoms with Crippen LogP contribution in [0.25, 0.3) is 0 Å². The van der Waals surface area contributed by atoms with E-state index >= 15 is 0 Å². The molecular formula is C24H33N3O4. The Morgan fingerprint density at radius 2 is 1.81 bits per heavy atom. The molecule has 0 unspecified atom stereocenters. The summed E-state index contributed by atoms with van der Waals surface area (Å²) < 4.78 is 0. The zero-order valence-electron chi connectivity index (χ0n) is 19.1. The first kappa shape index (κ1) is 23.0. The molecule has 7 nitrogen and oxygen atoms in total. The van der Waals surface area contributed by atoms with Crippen LogP contribution in [-0.4, -0.2) is 40.6 Å². The van der Waals surface area contributed by atoms with Gasteiger partial charge in [-0.3, -0.25) is 19.3 Å². The predicted octanol–water partition coefficient (Wildman–Crippen LogP) is 3.99. The van der Waals surface area contributed by atoms with Crippen LogP contribution >= 0.6 is 0 Å². The second kappa shape index (κ2) is 8.44. The molecule has 1 heterocycles. The number of Topliss-reactive ketones (excluding diaryl/α,β-unsaturated/α-hetero) is 1. The Bertz CT molecular complexity index is 891. The van der Waals surface area contributed by atoms with Crippen LogP contribution in [0.15, 0.2) is 24.3 Å². The van der Waals surface area contributed by atoms with E-state index in [0.29, 0.717) is 36.4 Å². The maximum absolute atomic E-state index is 13.2. The number of amides is 4. The lowest BCUT2D eigenvalue weighted by Gasteiger charge is -2.43. The molecule has 3 rings (SSSR count). The predicted molar refractivity (Wildman–Crippen MR) is 119 cm³/mol. The summed E-state index contributed by atoms with van der Waals surface area (Å²) in [5.74, 6) is -0.136. The first-order chi connectivity index (χ1) is 14.4. The molecule has 0 bridgehead atoms. The van der Waals surface area contributed by atoms with Crippen molar-refractivity contribution in [1.29, 1.82) is 0 Å². The number of hydrogen-bond acceptors (Lipinski definition) is 4. The summed E-state index contributed by atoms with van der Waals surface area (Å²) in [6, 6.07) is 6.02. The van der Waals surface area contributed by atoms with E-state index in [1.165, 1.54) is 0 Å². The lowest BCUT2D eigenvalue weighted by atomic mass is 9.64. The van der Waals surface area contributed by atoms with Crippen molar-refractivity contribution in [3.05, 3.63) is 29.8 Å². The second-order valence-electron chi connectivity index (χ2n) is 10.4. The number of anilines is 1. The van der Waals surface area contributed by atoms with E-state index in [0.717, 1.165) is 11.3 Å². The number of carbonyl (C=O) groups is 4. The molecular weight excluding hydrogens is 394 g/mol. The number of urea groups is 1. The van der Waals surface area contributed by atoms with Crippen molar-refractivity contribution < 1.29 is 19.2 Å². The molecule has 1 saturated heterocycles. The van der Waals surface area contributed by atoms with Gasteiger partial charge in [0.25, 0.3) is 5.91 Å². The Morgan fingerprint density at radius 3 is 2.39 bits per heavy atom. The quantitative estimate of drug-likeness (QED) is 0.530. The minimum atomic E-state index is -0.914. The number of nitrogens with zero attached hydrogens (tertiary/aromatic N) is 1. The van der Waals surface area contributed by atoms with Crippen LogP contribution in [0.4, 0.5) is 10.5 Å². The number of carbonyl (C=O) groups excluding carboxylic acids is 4. The van der Waals surface area contributed by atoms with Gasteiger partial charge in [0.15, 0.2) is 5.78 Å². The number of benzene rings is 1. The number of nitrogens with one attached hydrogen (secondary N) is 2. The maximum Gasteiger partial charge on any atom is 0.325 e. The molecule has 2 fully saturated rings. The summed E-state index contributed by atoms with van der Waals surface area (Å²) in [7, 11) is 0. The van der Waals surface area contributed by atoms with Gasteiger partial charge < -0.3 is 10.6 Å². The van der Waals surface area contributed by atoms with E-state index < -0.39 is 11.6 Å². The fraction of sp³-hybridized carbons (Fsp3) is 0.583. The zero-order valence-corrected chi connectivity index (χ0v) is 19.1. The third-order valence-corrected chi connectivity index (χ3v) is 6.01. The van der Waals surface area contributed by atoms with E-state index in [1.807, 2.05) is 13.8 Å². The van der Waals surface area contributed by atoms with E-state index in [4.69, 9.17) is 0 Å². The molecule has 2 atom stereocenters. The van der Waals surface area contributed by atoms with Crippen molar-refractivity contribution in [2.75, 3.05) is 11.9 Å². The Hall–Kier alpha value is -2.70. The van der Waals surface area contributed by atoms with Gasteiger partial charge >= 0.3 is 6.03 Å². The number of ketones is 1. The van der Waals surface area contributed by atoms with Crippen LogP contribution in [0.5, 0.6) is 0 Å². The minimum absolute atomic E-state index is 0.0591. The highest BCUT2D eigenvalue weighted by Crippen LogP contribution is 2.46. The molecule has 1 saturated carbocycles. The Labute approximate surface area is 183 Å². The summed E-state index contributed by atoms with van der Waals surface area (Å²) in [4.78, 5) is 51.5. The molecule has 0 aromatic heterocycles. The molecule has 1 spiro atoms. The van der Waals surface area contributed by atoms with Crippen LogP contribution in [0.2, 0.25) is 0 Å². The highest BCUT2D eigenvalue weighted by atomic mass is 16.2. The zero-order chi connectivity index (χ0) is 23.0. The molecule has 1 aliphatic carbocycles. The smallest absolute Gasteiger partial charge is 0.325 e. The second-order valence-corrected chi connectivity index (χ2v) is 10.4.